The molecule has 0 spiro atoms. The summed E-state index contributed by atoms with van der Waals surface area (Å²) in [5, 5.41) is 3.44. The van der Waals surface area contributed by atoms with E-state index in [1.165, 1.54) is 14.2 Å². The molecule has 68 valence electrons. The van der Waals surface area contributed by atoms with Crippen LogP contribution in [0, 0.1) is 0 Å². The molecule has 0 aliphatic heterocycles. The van der Waals surface area contributed by atoms with Gasteiger partial charge in [-0.2, -0.15) is 0 Å². The molecule has 0 atom stereocenters. The van der Waals surface area contributed by atoms with Gasteiger partial charge in [0.1, 0.15) is 11.5 Å². The van der Waals surface area contributed by atoms with Gasteiger partial charge in [0.05, 0.1) is 14.2 Å². The molecule has 0 saturated heterocycles. The second-order valence-electron chi connectivity index (χ2n) is 2.26. The van der Waals surface area contributed by atoms with Gasteiger partial charge in [-0.25, -0.2) is 0 Å². The molecule has 0 aromatic heterocycles. The van der Waals surface area contributed by atoms with E-state index in [-0.39, 0.29) is 0 Å². The number of hydrogen-bond acceptors (Lipinski definition) is 3. The van der Waals surface area contributed by atoms with Crippen molar-refractivity contribution in [3.8, 4) is 11.5 Å². The van der Waals surface area contributed by atoms with Crippen molar-refractivity contribution in [3.63, 3.8) is 0 Å². The summed E-state index contributed by atoms with van der Waals surface area (Å²) in [6.07, 6.45) is 0. The van der Waals surface area contributed by atoms with Crippen molar-refractivity contribution >= 4 is 5.69 Å². The highest BCUT2D eigenvalue weighted by Gasteiger charge is 1.99. The molecule has 0 saturated carbocycles. The first-order valence-electron chi connectivity index (χ1n) is 3.58. The average Bonchev–Trinajstić information content (AvgIpc) is 2.17. The van der Waals surface area contributed by atoms with Crippen LogP contribution in [0.3, 0.4) is 0 Å². The van der Waals surface area contributed by atoms with E-state index in [0.29, 0.717) is 17.2 Å². The van der Waals surface area contributed by atoms with Gasteiger partial charge in [0.15, 0.2) is 0 Å². The number of methoxy groups -OCH3 is 2. The smallest absolute Gasteiger partial charge is 0.123 e. The van der Waals surface area contributed by atoms with Crippen LogP contribution in [0.15, 0.2) is 23.3 Å². The summed E-state index contributed by atoms with van der Waals surface area (Å²) in [6.45, 7) is 0. The molecule has 13 heavy (non-hydrogen) atoms. The van der Waals surface area contributed by atoms with Gasteiger partial charge in [0.25, 0.3) is 0 Å². The topological polar surface area (TPSA) is 67.2 Å². The summed E-state index contributed by atoms with van der Waals surface area (Å²) < 4.78 is 9.96. The Kier molecular flexibility index (Phi) is 3.00. The van der Waals surface area contributed by atoms with Gasteiger partial charge in [-0.05, 0) is 17.7 Å². The van der Waals surface area contributed by atoms with Gasteiger partial charge < -0.3 is 9.47 Å². The Labute approximate surface area is 75.5 Å². The first-order chi connectivity index (χ1) is 6.30. The molecule has 1 rings (SSSR count). The molecule has 0 amide bonds. The zero-order chi connectivity index (χ0) is 9.68. The Morgan fingerprint density at radius 1 is 1.15 bits per heavy atom. The Bertz CT molecular complexity index is 323. The first kappa shape index (κ1) is 9.22. The maximum Gasteiger partial charge on any atom is 0.123 e. The van der Waals surface area contributed by atoms with Crippen LogP contribution >= 0.6 is 0 Å². The number of nitrogens with zero attached hydrogens (tertiary/aromatic N) is 3. The molecule has 1 aromatic carbocycles. The van der Waals surface area contributed by atoms with E-state index < -0.39 is 0 Å². The van der Waals surface area contributed by atoms with Gasteiger partial charge in [-0.3, -0.25) is 0 Å². The van der Waals surface area contributed by atoms with Crippen LogP contribution in [0.1, 0.15) is 0 Å². The second-order valence-corrected chi connectivity index (χ2v) is 2.26. The minimum Gasteiger partial charge on any atom is -0.497 e. The average molecular weight is 179 g/mol. The van der Waals surface area contributed by atoms with Crippen LogP contribution in [-0.4, -0.2) is 14.2 Å². The highest BCUT2D eigenvalue weighted by molar-refractivity contribution is 5.49. The van der Waals surface area contributed by atoms with Crippen molar-refractivity contribution in [2.45, 2.75) is 0 Å². The quantitative estimate of drug-likeness (QED) is 0.406. The highest BCUT2D eigenvalue weighted by atomic mass is 16.5. The Morgan fingerprint density at radius 3 is 2.08 bits per heavy atom. The van der Waals surface area contributed by atoms with Crippen LogP contribution in [0.25, 0.3) is 10.4 Å². The Balaban J connectivity index is 3.14. The molecule has 0 fully saturated rings. The van der Waals surface area contributed by atoms with Crippen molar-refractivity contribution in [1.29, 1.82) is 0 Å². The molecule has 0 N–H and O–H groups in total. The van der Waals surface area contributed by atoms with Crippen molar-refractivity contribution in [2.75, 3.05) is 14.2 Å². The van der Waals surface area contributed by atoms with Crippen LogP contribution in [0.5, 0.6) is 11.5 Å². The second kappa shape index (κ2) is 4.23. The third kappa shape index (κ3) is 2.28. The van der Waals surface area contributed by atoms with Crippen molar-refractivity contribution in [2.24, 2.45) is 5.11 Å². The molecular formula is C8H9N3O2. The summed E-state index contributed by atoms with van der Waals surface area (Å²) in [6, 6.07) is 4.96. The third-order valence-corrected chi connectivity index (χ3v) is 1.50. The largest absolute Gasteiger partial charge is 0.497 e. The van der Waals surface area contributed by atoms with Crippen LogP contribution in [0.4, 0.5) is 5.69 Å². The fourth-order valence-corrected chi connectivity index (χ4v) is 0.902. The van der Waals surface area contributed by atoms with Gasteiger partial charge >= 0.3 is 0 Å². The number of ether oxygens (including phenoxy) is 2. The SMILES string of the molecule is COc1cc(N=[N+]=[N-])cc(OC)c1. The third-order valence-electron chi connectivity index (χ3n) is 1.50. The van der Waals surface area contributed by atoms with E-state index in [1.54, 1.807) is 18.2 Å². The lowest BCUT2D eigenvalue weighted by Gasteiger charge is -2.04. The fourth-order valence-electron chi connectivity index (χ4n) is 0.902. The first-order valence-corrected chi connectivity index (χ1v) is 3.58. The fraction of sp³-hybridized carbons (Fsp3) is 0.250. The molecular weight excluding hydrogens is 170 g/mol. The molecule has 1 aromatic rings. The van der Waals surface area contributed by atoms with Crippen LogP contribution in [0.2, 0.25) is 0 Å². The molecule has 0 aliphatic carbocycles. The van der Waals surface area contributed by atoms with E-state index in [9.17, 15) is 0 Å². The Morgan fingerprint density at radius 2 is 1.69 bits per heavy atom. The van der Waals surface area contributed by atoms with Crippen LogP contribution in [-0.2, 0) is 0 Å². The predicted molar refractivity (Wildman–Crippen MR) is 48.4 cm³/mol. The van der Waals surface area contributed by atoms with Crippen molar-refractivity contribution < 1.29 is 9.47 Å². The lowest BCUT2D eigenvalue weighted by molar-refractivity contribution is 0.394. The molecule has 0 aliphatic rings. The van der Waals surface area contributed by atoms with E-state index in [1.807, 2.05) is 0 Å². The molecule has 5 nitrogen and oxygen atoms in total. The monoisotopic (exact) mass is 179 g/mol. The molecule has 0 bridgehead atoms. The summed E-state index contributed by atoms with van der Waals surface area (Å²) in [5.74, 6) is 1.20. The summed E-state index contributed by atoms with van der Waals surface area (Å²) in [7, 11) is 3.07. The van der Waals surface area contributed by atoms with Gasteiger partial charge in [0, 0.05) is 16.7 Å². The number of rotatable bonds is 3. The lowest BCUT2D eigenvalue weighted by Crippen LogP contribution is -1.85. The van der Waals surface area contributed by atoms with Gasteiger partial charge in [-0.15, -0.1) is 0 Å². The van der Waals surface area contributed by atoms with Crippen LogP contribution < -0.4 is 9.47 Å². The Hall–Kier alpha value is -1.87. The zero-order valence-corrected chi connectivity index (χ0v) is 7.39. The number of azide groups is 1. The molecule has 0 radical (unpaired) electrons. The summed E-state index contributed by atoms with van der Waals surface area (Å²) in [5.41, 5.74) is 8.69. The highest BCUT2D eigenvalue weighted by Crippen LogP contribution is 2.27. The molecule has 0 unspecified atom stereocenters. The zero-order valence-electron chi connectivity index (χ0n) is 7.39. The molecule has 0 heterocycles. The number of hydrogen-bond donors (Lipinski definition) is 0. The normalized spacial score (nSPS) is 8.77. The van der Waals surface area contributed by atoms with E-state index in [4.69, 9.17) is 15.0 Å². The van der Waals surface area contributed by atoms with E-state index >= 15 is 0 Å². The van der Waals surface area contributed by atoms with Gasteiger partial charge in [0.2, 0.25) is 0 Å². The summed E-state index contributed by atoms with van der Waals surface area (Å²) in [4.78, 5) is 2.67. The maximum atomic E-state index is 8.22. The van der Waals surface area contributed by atoms with Crippen molar-refractivity contribution in [1.82, 2.24) is 0 Å². The minimum atomic E-state index is 0.471. The standard InChI is InChI=1S/C8H9N3O2/c1-12-7-3-6(10-11-9)4-8(5-7)13-2/h3-5H,1-2H3. The maximum absolute atomic E-state index is 8.22. The predicted octanol–water partition coefficient (Wildman–Crippen LogP) is 2.65. The summed E-state index contributed by atoms with van der Waals surface area (Å²) >= 11 is 0. The number of benzene rings is 1. The lowest BCUT2D eigenvalue weighted by atomic mass is 10.3. The minimum absolute atomic E-state index is 0.471. The van der Waals surface area contributed by atoms with Crippen molar-refractivity contribution in [3.05, 3.63) is 28.6 Å². The van der Waals surface area contributed by atoms with Gasteiger partial charge in [-0.1, -0.05) is 5.11 Å². The molecule has 5 heteroatoms. The van der Waals surface area contributed by atoms with E-state index in [0.717, 1.165) is 0 Å². The van der Waals surface area contributed by atoms with E-state index in [2.05, 4.69) is 10.0 Å².